The van der Waals surface area contributed by atoms with E-state index in [9.17, 15) is 0 Å². The van der Waals surface area contributed by atoms with Gasteiger partial charge >= 0.3 is 6.01 Å². The van der Waals surface area contributed by atoms with Crippen LogP contribution >= 0.6 is 11.3 Å². The van der Waals surface area contributed by atoms with Crippen molar-refractivity contribution in [3.8, 4) is 17.4 Å². The van der Waals surface area contributed by atoms with Crippen molar-refractivity contribution >= 4 is 11.3 Å². The molecule has 0 atom stereocenters. The van der Waals surface area contributed by atoms with Gasteiger partial charge in [-0.25, -0.2) is 19.6 Å². The van der Waals surface area contributed by atoms with Crippen molar-refractivity contribution in [2.24, 2.45) is 0 Å². The van der Waals surface area contributed by atoms with Gasteiger partial charge in [-0.15, -0.1) is 16.4 Å². The molecule has 1 fully saturated rings. The first-order chi connectivity index (χ1) is 16.7. The average molecular weight is 478 g/mol. The normalized spacial score (nSPS) is 18.1. The van der Waals surface area contributed by atoms with Gasteiger partial charge in [-0.2, -0.15) is 0 Å². The number of aryl methyl sites for hydroxylation is 2. The predicted molar refractivity (Wildman–Crippen MR) is 127 cm³/mol. The molecule has 9 nitrogen and oxygen atoms in total. The monoisotopic (exact) mass is 477 g/mol. The van der Waals surface area contributed by atoms with E-state index in [2.05, 4.69) is 37.8 Å². The van der Waals surface area contributed by atoms with Gasteiger partial charge in [0.1, 0.15) is 24.8 Å². The number of thiazole rings is 1. The van der Waals surface area contributed by atoms with E-state index in [4.69, 9.17) is 14.5 Å². The van der Waals surface area contributed by atoms with Gasteiger partial charge in [-0.05, 0) is 78.8 Å². The number of rotatable bonds is 8. The van der Waals surface area contributed by atoms with Crippen LogP contribution in [0.3, 0.4) is 0 Å². The van der Waals surface area contributed by atoms with E-state index in [1.54, 1.807) is 22.3 Å². The van der Waals surface area contributed by atoms with Crippen molar-refractivity contribution in [1.29, 1.82) is 0 Å². The molecule has 0 unspecified atom stereocenters. The molecule has 3 aromatic heterocycles. The smallest absolute Gasteiger partial charge is 0.316 e. The van der Waals surface area contributed by atoms with Crippen molar-refractivity contribution in [3.05, 3.63) is 64.1 Å². The van der Waals surface area contributed by atoms with Crippen LogP contribution in [0.25, 0.3) is 5.69 Å². The molecule has 5 rings (SSSR count). The van der Waals surface area contributed by atoms with Gasteiger partial charge in [0, 0.05) is 23.7 Å². The minimum atomic E-state index is 0.172. The summed E-state index contributed by atoms with van der Waals surface area (Å²) in [4.78, 5) is 13.5. The third kappa shape index (κ3) is 5.22. The second-order valence-electron chi connectivity index (χ2n) is 8.49. The maximum atomic E-state index is 6.05. The summed E-state index contributed by atoms with van der Waals surface area (Å²) in [7, 11) is 0. The third-order valence-corrected chi connectivity index (χ3v) is 7.16. The molecule has 10 heteroatoms. The lowest BCUT2D eigenvalue weighted by molar-refractivity contribution is 0.134. The van der Waals surface area contributed by atoms with Gasteiger partial charge in [-0.1, -0.05) is 6.92 Å². The number of ether oxygens (including phenoxy) is 2. The predicted octanol–water partition coefficient (Wildman–Crippen LogP) is 4.46. The SMILES string of the molecule is CCc1cnc(OC2CCC(c3nc(COc4ccc(-n5cnnn5)cc4C)cs3)CC2)nc1. The molecule has 1 aliphatic rings. The second kappa shape index (κ2) is 10.3. The van der Waals surface area contributed by atoms with Crippen LogP contribution in [0.5, 0.6) is 11.8 Å². The van der Waals surface area contributed by atoms with Crippen LogP contribution in [-0.4, -0.2) is 41.3 Å². The quantitative estimate of drug-likeness (QED) is 0.367. The highest BCUT2D eigenvalue weighted by molar-refractivity contribution is 7.09. The highest BCUT2D eigenvalue weighted by Crippen LogP contribution is 2.35. The summed E-state index contributed by atoms with van der Waals surface area (Å²) in [5.41, 5.74) is 4.01. The fraction of sp³-hybridized carbons (Fsp3) is 0.417. The van der Waals surface area contributed by atoms with E-state index in [-0.39, 0.29) is 6.10 Å². The average Bonchev–Trinajstić information content (AvgIpc) is 3.57. The van der Waals surface area contributed by atoms with Crippen molar-refractivity contribution in [2.75, 3.05) is 0 Å². The first-order valence-electron chi connectivity index (χ1n) is 11.6. The summed E-state index contributed by atoms with van der Waals surface area (Å²) in [6, 6.07) is 6.37. The van der Waals surface area contributed by atoms with Gasteiger partial charge in [-0.3, -0.25) is 0 Å². The molecule has 176 valence electrons. The minimum Gasteiger partial charge on any atom is -0.487 e. The summed E-state index contributed by atoms with van der Waals surface area (Å²) in [5, 5.41) is 14.6. The summed E-state index contributed by atoms with van der Waals surface area (Å²) >= 11 is 1.72. The van der Waals surface area contributed by atoms with E-state index >= 15 is 0 Å². The molecule has 3 heterocycles. The lowest BCUT2D eigenvalue weighted by Crippen LogP contribution is -2.24. The zero-order valence-corrected chi connectivity index (χ0v) is 20.1. The lowest BCUT2D eigenvalue weighted by atomic mass is 9.88. The second-order valence-corrected chi connectivity index (χ2v) is 9.38. The Morgan fingerprint density at radius 3 is 2.65 bits per heavy atom. The number of hydrogen-bond acceptors (Lipinski definition) is 9. The molecule has 0 spiro atoms. The van der Waals surface area contributed by atoms with E-state index in [0.717, 1.165) is 60.4 Å². The van der Waals surface area contributed by atoms with Crippen molar-refractivity contribution in [2.45, 2.75) is 64.6 Å². The van der Waals surface area contributed by atoms with Crippen LogP contribution in [0, 0.1) is 6.92 Å². The van der Waals surface area contributed by atoms with Gasteiger partial charge < -0.3 is 9.47 Å². The van der Waals surface area contributed by atoms with Crippen LogP contribution in [0.4, 0.5) is 0 Å². The molecule has 1 aliphatic carbocycles. The molecule has 0 N–H and O–H groups in total. The summed E-state index contributed by atoms with van der Waals surface area (Å²) in [5.74, 6) is 1.30. The van der Waals surface area contributed by atoms with Crippen LogP contribution in [-0.2, 0) is 13.0 Å². The maximum absolute atomic E-state index is 6.05. The van der Waals surface area contributed by atoms with Gasteiger partial charge in [0.25, 0.3) is 0 Å². The molecule has 1 saturated carbocycles. The number of benzene rings is 1. The van der Waals surface area contributed by atoms with E-state index in [0.29, 0.717) is 18.5 Å². The summed E-state index contributed by atoms with van der Waals surface area (Å²) < 4.78 is 13.7. The molecule has 0 bridgehead atoms. The Balaban J connectivity index is 1.12. The van der Waals surface area contributed by atoms with Gasteiger partial charge in [0.2, 0.25) is 0 Å². The largest absolute Gasteiger partial charge is 0.487 e. The van der Waals surface area contributed by atoms with Crippen molar-refractivity contribution in [3.63, 3.8) is 0 Å². The Bertz CT molecular complexity index is 1200. The van der Waals surface area contributed by atoms with Gasteiger partial charge in [0.05, 0.1) is 16.4 Å². The Labute approximate surface area is 202 Å². The van der Waals surface area contributed by atoms with Crippen LogP contribution in [0.15, 0.2) is 42.3 Å². The number of nitrogens with zero attached hydrogens (tertiary/aromatic N) is 7. The Kier molecular flexibility index (Phi) is 6.75. The summed E-state index contributed by atoms with van der Waals surface area (Å²) in [6.07, 6.45) is 10.5. The topological polar surface area (TPSA) is 101 Å². The van der Waals surface area contributed by atoms with Crippen LogP contribution in [0.1, 0.15) is 60.4 Å². The van der Waals surface area contributed by atoms with Crippen molar-refractivity contribution < 1.29 is 9.47 Å². The molecule has 34 heavy (non-hydrogen) atoms. The molecule has 0 amide bonds. The molecule has 4 aromatic rings. The number of aromatic nitrogens is 7. The van der Waals surface area contributed by atoms with Crippen molar-refractivity contribution in [1.82, 2.24) is 35.2 Å². The Morgan fingerprint density at radius 1 is 1.12 bits per heavy atom. The first kappa shape index (κ1) is 22.4. The minimum absolute atomic E-state index is 0.172. The molecular formula is C24H27N7O2S. The van der Waals surface area contributed by atoms with E-state index < -0.39 is 0 Å². The lowest BCUT2D eigenvalue weighted by Gasteiger charge is -2.27. The fourth-order valence-corrected chi connectivity index (χ4v) is 5.08. The molecule has 0 saturated heterocycles. The standard InChI is InChI=1S/C24H27N7O2S/c1-3-17-11-25-24(26-12-17)33-21-7-4-18(5-8-21)23-28-19(14-34-23)13-32-22-9-6-20(10-16(22)2)31-15-27-29-30-31/h6,9-12,14-15,18,21H,3-5,7-8,13H2,1-2H3. The third-order valence-electron chi connectivity index (χ3n) is 6.10. The number of hydrogen-bond donors (Lipinski definition) is 0. The molecule has 1 aromatic carbocycles. The molecular weight excluding hydrogens is 450 g/mol. The fourth-order valence-electron chi connectivity index (χ4n) is 4.11. The first-order valence-corrected chi connectivity index (χ1v) is 12.4. The zero-order chi connectivity index (χ0) is 23.3. The van der Waals surface area contributed by atoms with E-state index in [1.807, 2.05) is 37.5 Å². The molecule has 0 aliphatic heterocycles. The number of tetrazole rings is 1. The Hall–Kier alpha value is -3.40. The molecule has 0 radical (unpaired) electrons. The van der Waals surface area contributed by atoms with Crippen LogP contribution in [0.2, 0.25) is 0 Å². The zero-order valence-electron chi connectivity index (χ0n) is 19.3. The van der Waals surface area contributed by atoms with E-state index in [1.165, 1.54) is 5.01 Å². The highest BCUT2D eigenvalue weighted by atomic mass is 32.1. The van der Waals surface area contributed by atoms with Crippen LogP contribution < -0.4 is 9.47 Å². The Morgan fingerprint density at radius 2 is 1.94 bits per heavy atom. The highest BCUT2D eigenvalue weighted by Gasteiger charge is 2.26. The van der Waals surface area contributed by atoms with Gasteiger partial charge in [0.15, 0.2) is 0 Å². The summed E-state index contributed by atoms with van der Waals surface area (Å²) in [6.45, 7) is 4.55. The maximum Gasteiger partial charge on any atom is 0.316 e.